The van der Waals surface area contributed by atoms with Crippen molar-refractivity contribution in [2.24, 2.45) is 0 Å². The van der Waals surface area contributed by atoms with Crippen LogP contribution in [-0.2, 0) is 11.2 Å². The molecule has 3 rings (SSSR count). The molecule has 3 heterocycles. The van der Waals surface area contributed by atoms with Crippen LogP contribution in [0.4, 0.5) is 0 Å². The van der Waals surface area contributed by atoms with Crippen LogP contribution in [0, 0.1) is 0 Å². The van der Waals surface area contributed by atoms with Crippen LogP contribution >= 0.6 is 0 Å². The number of nitrogens with zero attached hydrogens (tertiary/aromatic N) is 4. The molecule has 1 amide bonds. The number of rotatable bonds is 2. The molecule has 0 spiro atoms. The van der Waals surface area contributed by atoms with Crippen molar-refractivity contribution in [2.75, 3.05) is 6.54 Å². The van der Waals surface area contributed by atoms with Crippen molar-refractivity contribution in [1.82, 2.24) is 19.7 Å². The Bertz CT molecular complexity index is 453. The maximum atomic E-state index is 12.3. The summed E-state index contributed by atoms with van der Waals surface area (Å²) in [5.74, 6) is 2.20. The first kappa shape index (κ1) is 10.7. The van der Waals surface area contributed by atoms with Crippen LogP contribution in [0.1, 0.15) is 56.8 Å². The van der Waals surface area contributed by atoms with E-state index in [1.54, 1.807) is 0 Å². The Morgan fingerprint density at radius 2 is 2.24 bits per heavy atom. The SMILES string of the molecule is CCCc1nnc2n1[C@@H](C)C(=O)N1CCC[C@@H]21. The number of hydrogen-bond donors (Lipinski definition) is 0. The molecular weight excluding hydrogens is 216 g/mol. The Morgan fingerprint density at radius 1 is 1.41 bits per heavy atom. The van der Waals surface area contributed by atoms with Crippen LogP contribution in [-0.4, -0.2) is 32.1 Å². The quantitative estimate of drug-likeness (QED) is 0.778. The predicted molar refractivity (Wildman–Crippen MR) is 62.4 cm³/mol. The normalized spacial score (nSPS) is 27.2. The topological polar surface area (TPSA) is 51.0 Å². The summed E-state index contributed by atoms with van der Waals surface area (Å²) >= 11 is 0. The highest BCUT2D eigenvalue weighted by molar-refractivity contribution is 5.82. The van der Waals surface area contributed by atoms with Crippen molar-refractivity contribution in [3.63, 3.8) is 0 Å². The molecule has 1 aromatic rings. The highest BCUT2D eigenvalue weighted by Crippen LogP contribution is 2.38. The number of carbonyl (C=O) groups is 1. The van der Waals surface area contributed by atoms with Crippen molar-refractivity contribution in [2.45, 2.75) is 51.6 Å². The zero-order valence-electron chi connectivity index (χ0n) is 10.4. The first-order valence-corrected chi connectivity index (χ1v) is 6.48. The number of aromatic nitrogens is 3. The fourth-order valence-electron chi connectivity index (χ4n) is 3.03. The summed E-state index contributed by atoms with van der Waals surface area (Å²) in [6, 6.07) is 0.0488. The Labute approximate surface area is 101 Å². The average molecular weight is 234 g/mol. The molecular formula is C12H18N4O. The van der Waals surface area contributed by atoms with Gasteiger partial charge >= 0.3 is 0 Å². The van der Waals surface area contributed by atoms with Gasteiger partial charge in [-0.05, 0) is 26.2 Å². The third kappa shape index (κ3) is 1.41. The Morgan fingerprint density at radius 3 is 3.00 bits per heavy atom. The molecule has 0 N–H and O–H groups in total. The summed E-state index contributed by atoms with van der Waals surface area (Å²) in [6.45, 7) is 4.96. The van der Waals surface area contributed by atoms with Gasteiger partial charge in [0, 0.05) is 13.0 Å². The van der Waals surface area contributed by atoms with Crippen LogP contribution in [0.25, 0.3) is 0 Å². The van der Waals surface area contributed by atoms with E-state index in [0.717, 1.165) is 43.9 Å². The molecule has 2 atom stereocenters. The minimum Gasteiger partial charge on any atom is -0.331 e. The van der Waals surface area contributed by atoms with E-state index < -0.39 is 0 Å². The lowest BCUT2D eigenvalue weighted by atomic mass is 10.1. The highest BCUT2D eigenvalue weighted by atomic mass is 16.2. The summed E-state index contributed by atoms with van der Waals surface area (Å²) in [4.78, 5) is 14.3. The van der Waals surface area contributed by atoms with E-state index in [1.807, 2.05) is 11.8 Å². The van der Waals surface area contributed by atoms with E-state index in [2.05, 4.69) is 21.7 Å². The smallest absolute Gasteiger partial charge is 0.246 e. The zero-order chi connectivity index (χ0) is 12.0. The molecule has 5 heteroatoms. The number of aryl methyl sites for hydroxylation is 1. The van der Waals surface area contributed by atoms with Gasteiger partial charge in [0.05, 0.1) is 6.04 Å². The molecule has 2 aliphatic rings. The summed E-state index contributed by atoms with van der Waals surface area (Å²) in [5, 5.41) is 8.59. The summed E-state index contributed by atoms with van der Waals surface area (Å²) < 4.78 is 2.07. The predicted octanol–water partition coefficient (Wildman–Crippen LogP) is 1.47. The number of fused-ring (bicyclic) bond motifs is 3. The number of hydrogen-bond acceptors (Lipinski definition) is 3. The third-order valence-corrected chi connectivity index (χ3v) is 3.85. The first-order valence-electron chi connectivity index (χ1n) is 6.48. The van der Waals surface area contributed by atoms with E-state index in [-0.39, 0.29) is 18.0 Å². The fraction of sp³-hybridized carbons (Fsp3) is 0.750. The number of carbonyl (C=O) groups excluding carboxylic acids is 1. The number of amides is 1. The van der Waals surface area contributed by atoms with Crippen LogP contribution in [0.3, 0.4) is 0 Å². The Kier molecular flexibility index (Phi) is 2.42. The monoisotopic (exact) mass is 234 g/mol. The van der Waals surface area contributed by atoms with Gasteiger partial charge < -0.3 is 9.47 Å². The van der Waals surface area contributed by atoms with Gasteiger partial charge in [0.1, 0.15) is 11.9 Å². The van der Waals surface area contributed by atoms with E-state index in [0.29, 0.717) is 0 Å². The molecule has 0 aliphatic carbocycles. The van der Waals surface area contributed by atoms with Gasteiger partial charge in [0.25, 0.3) is 0 Å². The molecule has 0 radical (unpaired) electrons. The molecule has 0 aromatic carbocycles. The second-order valence-electron chi connectivity index (χ2n) is 4.96. The van der Waals surface area contributed by atoms with Gasteiger partial charge in [-0.15, -0.1) is 10.2 Å². The molecule has 1 aromatic heterocycles. The summed E-state index contributed by atoms with van der Waals surface area (Å²) in [6.07, 6.45) is 4.05. The van der Waals surface area contributed by atoms with Crippen LogP contribution in [0.2, 0.25) is 0 Å². The molecule has 5 nitrogen and oxygen atoms in total. The molecule has 0 bridgehead atoms. The van der Waals surface area contributed by atoms with Crippen molar-refractivity contribution >= 4 is 5.91 Å². The van der Waals surface area contributed by atoms with Crippen molar-refractivity contribution in [1.29, 1.82) is 0 Å². The van der Waals surface area contributed by atoms with E-state index in [9.17, 15) is 4.79 Å². The van der Waals surface area contributed by atoms with Gasteiger partial charge in [-0.3, -0.25) is 4.79 Å². The van der Waals surface area contributed by atoms with Crippen molar-refractivity contribution in [3.05, 3.63) is 11.6 Å². The van der Waals surface area contributed by atoms with Gasteiger partial charge in [-0.25, -0.2) is 0 Å². The molecule has 1 fully saturated rings. The lowest BCUT2D eigenvalue weighted by Crippen LogP contribution is -2.42. The van der Waals surface area contributed by atoms with Crippen LogP contribution in [0.5, 0.6) is 0 Å². The van der Waals surface area contributed by atoms with Gasteiger partial charge in [0.2, 0.25) is 5.91 Å². The molecule has 0 saturated carbocycles. The molecule has 1 saturated heterocycles. The highest BCUT2D eigenvalue weighted by Gasteiger charge is 2.42. The second kappa shape index (κ2) is 3.82. The van der Waals surface area contributed by atoms with E-state index >= 15 is 0 Å². The maximum Gasteiger partial charge on any atom is 0.246 e. The van der Waals surface area contributed by atoms with Crippen molar-refractivity contribution < 1.29 is 4.79 Å². The van der Waals surface area contributed by atoms with Crippen LogP contribution in [0.15, 0.2) is 0 Å². The minimum atomic E-state index is -0.129. The maximum absolute atomic E-state index is 12.3. The van der Waals surface area contributed by atoms with E-state index in [1.165, 1.54) is 0 Å². The standard InChI is InChI=1S/C12H18N4O/c1-3-5-10-13-14-11-9-6-4-7-15(9)12(17)8(2)16(10)11/h8-9H,3-7H2,1-2H3/t8-,9-/m0/s1. The molecule has 92 valence electrons. The minimum absolute atomic E-state index is 0.129. The van der Waals surface area contributed by atoms with E-state index in [4.69, 9.17) is 0 Å². The van der Waals surface area contributed by atoms with Gasteiger partial charge in [0.15, 0.2) is 5.82 Å². The fourth-order valence-corrected chi connectivity index (χ4v) is 3.03. The summed E-state index contributed by atoms with van der Waals surface area (Å²) in [7, 11) is 0. The average Bonchev–Trinajstić information content (AvgIpc) is 2.92. The third-order valence-electron chi connectivity index (χ3n) is 3.85. The van der Waals surface area contributed by atoms with Gasteiger partial charge in [-0.2, -0.15) is 0 Å². The Hall–Kier alpha value is -1.39. The molecule has 17 heavy (non-hydrogen) atoms. The molecule has 2 aliphatic heterocycles. The largest absolute Gasteiger partial charge is 0.331 e. The lowest BCUT2D eigenvalue weighted by molar-refractivity contribution is -0.137. The summed E-state index contributed by atoms with van der Waals surface area (Å²) in [5.41, 5.74) is 0. The lowest BCUT2D eigenvalue weighted by Gasteiger charge is -2.34. The molecule has 0 unspecified atom stereocenters. The van der Waals surface area contributed by atoms with Gasteiger partial charge in [-0.1, -0.05) is 6.92 Å². The van der Waals surface area contributed by atoms with Crippen LogP contribution < -0.4 is 0 Å². The zero-order valence-corrected chi connectivity index (χ0v) is 10.4. The Balaban J connectivity index is 2.08. The van der Waals surface area contributed by atoms with Crippen molar-refractivity contribution in [3.8, 4) is 0 Å². The first-order chi connectivity index (χ1) is 8.24. The second-order valence-corrected chi connectivity index (χ2v) is 4.96.